The van der Waals surface area contributed by atoms with Gasteiger partial charge in [0.05, 0.1) is 7.11 Å². The molecule has 2 aromatic carbocycles. The molecule has 1 aromatic heterocycles. The molecule has 166 valence electrons. The first-order valence-corrected chi connectivity index (χ1v) is 12.2. The minimum atomic E-state index is 0.0100. The van der Waals surface area contributed by atoms with E-state index < -0.39 is 0 Å². The zero-order valence-electron chi connectivity index (χ0n) is 18.4. The van der Waals surface area contributed by atoms with Crippen molar-refractivity contribution in [2.45, 2.75) is 39.7 Å². The molecule has 1 unspecified atom stereocenters. The normalized spacial score (nSPS) is 14.2. The summed E-state index contributed by atoms with van der Waals surface area (Å²) in [5.41, 5.74) is 3.96. The molecule has 0 aliphatic carbocycles. The number of phenols is 1. The van der Waals surface area contributed by atoms with Crippen molar-refractivity contribution in [3.8, 4) is 11.5 Å². The third-order valence-corrected chi connectivity index (χ3v) is 6.57. The third kappa shape index (κ3) is 6.11. The van der Waals surface area contributed by atoms with Gasteiger partial charge in [-0.3, -0.25) is 4.98 Å². The summed E-state index contributed by atoms with van der Waals surface area (Å²) in [5, 5.41) is 12.8. The molecule has 0 bridgehead atoms. The van der Waals surface area contributed by atoms with Crippen LogP contribution in [0.5, 0.6) is 11.5 Å². The molecule has 1 fully saturated rings. The van der Waals surface area contributed by atoms with Crippen LogP contribution in [0.1, 0.15) is 43.4 Å². The molecule has 7 heteroatoms. The van der Waals surface area contributed by atoms with E-state index in [4.69, 9.17) is 9.78 Å². The Balaban J connectivity index is 0.00000132. The molecule has 3 aromatic rings. The fraction of sp³-hybridized carbons (Fsp3) is 0.375. The molecular formula is C24H31N2O3PS. The summed E-state index contributed by atoms with van der Waals surface area (Å²) in [6, 6.07) is 12.4. The van der Waals surface area contributed by atoms with Crippen LogP contribution < -0.4 is 10.2 Å². The maximum atomic E-state index is 10.6. The van der Waals surface area contributed by atoms with E-state index in [-0.39, 0.29) is 5.75 Å². The second-order valence-corrected chi connectivity index (χ2v) is 9.04. The van der Waals surface area contributed by atoms with E-state index in [0.717, 1.165) is 41.8 Å². The number of nitrogens with zero attached hydrogens (tertiary/aromatic N) is 2. The lowest BCUT2D eigenvalue weighted by atomic mass is 10.0. The smallest absolute Gasteiger partial charge is 0.209 e. The Hall–Kier alpha value is -1.85. The highest BCUT2D eigenvalue weighted by Crippen LogP contribution is 2.38. The van der Waals surface area contributed by atoms with Gasteiger partial charge in [-0.15, -0.1) is 9.24 Å². The molecule has 1 aliphatic rings. The summed E-state index contributed by atoms with van der Waals surface area (Å²) in [5.74, 6) is 1.45. The molecule has 31 heavy (non-hydrogen) atoms. The average Bonchev–Trinajstić information content (AvgIpc) is 2.81. The number of fused-ring (bicyclic) bond motifs is 1. The number of hydrogen-bond donors (Lipinski definition) is 1. The summed E-state index contributed by atoms with van der Waals surface area (Å²) in [4.78, 5) is 14.6. The van der Waals surface area contributed by atoms with Crippen molar-refractivity contribution in [3.05, 3.63) is 59.3 Å². The van der Waals surface area contributed by atoms with Crippen molar-refractivity contribution in [3.63, 3.8) is 0 Å². The van der Waals surface area contributed by atoms with Crippen LogP contribution in [-0.2, 0) is 17.9 Å². The number of phenolic OH excluding ortho intramolecular Hbond substituents is 1. The molecule has 1 aliphatic heterocycles. The first-order valence-electron chi connectivity index (χ1n) is 10.7. The van der Waals surface area contributed by atoms with Crippen LogP contribution in [0.15, 0.2) is 42.6 Å². The van der Waals surface area contributed by atoms with Crippen molar-refractivity contribution >= 4 is 37.4 Å². The van der Waals surface area contributed by atoms with Gasteiger partial charge in [-0.05, 0) is 53.4 Å². The number of benzene rings is 2. The van der Waals surface area contributed by atoms with Gasteiger partial charge in [0.25, 0.3) is 0 Å². The molecule has 0 saturated carbocycles. The number of hydrogen-bond acceptors (Lipinski definition) is 6. The highest BCUT2D eigenvalue weighted by Gasteiger charge is 2.19. The zero-order valence-corrected chi connectivity index (χ0v) is 20.4. The van der Waals surface area contributed by atoms with Crippen LogP contribution in [0.4, 0.5) is 0 Å². The minimum absolute atomic E-state index is 0.0100. The topological polar surface area (TPSA) is 54.8 Å². The molecule has 2 heterocycles. The van der Waals surface area contributed by atoms with Gasteiger partial charge in [-0.25, -0.2) is 4.31 Å². The number of aromatic nitrogens is 1. The second kappa shape index (κ2) is 11.7. The first kappa shape index (κ1) is 23.8. The highest BCUT2D eigenvalue weighted by molar-refractivity contribution is 7.97. The van der Waals surface area contributed by atoms with Crippen LogP contribution >= 0.6 is 21.2 Å². The van der Waals surface area contributed by atoms with Crippen molar-refractivity contribution < 1.29 is 14.9 Å². The SMILES string of the molecule is CC.COOc1cc(CN2CCCCS2)c2cc(Cc3ccc(P)cc3)cnc2c1O. The maximum absolute atomic E-state index is 10.6. The number of aromatic hydroxyl groups is 1. The average molecular weight is 459 g/mol. The van der Waals surface area contributed by atoms with Crippen molar-refractivity contribution in [2.24, 2.45) is 0 Å². The first-order chi connectivity index (χ1) is 15.1. The van der Waals surface area contributed by atoms with E-state index in [2.05, 4.69) is 48.9 Å². The Morgan fingerprint density at radius 3 is 2.58 bits per heavy atom. The van der Waals surface area contributed by atoms with Gasteiger partial charge in [0.1, 0.15) is 5.52 Å². The van der Waals surface area contributed by atoms with Gasteiger partial charge in [-0.2, -0.15) is 4.89 Å². The molecule has 1 N–H and O–H groups in total. The summed E-state index contributed by atoms with van der Waals surface area (Å²) >= 11 is 1.87. The van der Waals surface area contributed by atoms with Gasteiger partial charge in [0, 0.05) is 30.4 Å². The molecular weight excluding hydrogens is 427 g/mol. The predicted octanol–water partition coefficient (Wildman–Crippen LogP) is 5.24. The summed E-state index contributed by atoms with van der Waals surface area (Å²) in [6.07, 6.45) is 5.09. The fourth-order valence-electron chi connectivity index (χ4n) is 3.58. The molecule has 1 atom stereocenters. The van der Waals surface area contributed by atoms with Gasteiger partial charge in [0.15, 0.2) is 5.75 Å². The van der Waals surface area contributed by atoms with Crippen LogP contribution in [0, 0.1) is 0 Å². The molecule has 1 saturated heterocycles. The third-order valence-electron chi connectivity index (χ3n) is 5.04. The Bertz CT molecular complexity index is 992. The second-order valence-electron chi connectivity index (χ2n) is 7.19. The Morgan fingerprint density at radius 1 is 1.13 bits per heavy atom. The molecule has 5 nitrogen and oxygen atoms in total. The van der Waals surface area contributed by atoms with E-state index in [1.165, 1.54) is 30.8 Å². The largest absolute Gasteiger partial charge is 0.503 e. The summed E-state index contributed by atoms with van der Waals surface area (Å²) < 4.78 is 2.37. The quantitative estimate of drug-likeness (QED) is 0.236. The monoisotopic (exact) mass is 458 g/mol. The number of pyridine rings is 1. The van der Waals surface area contributed by atoms with Crippen LogP contribution in [0.25, 0.3) is 10.9 Å². The van der Waals surface area contributed by atoms with Gasteiger partial charge >= 0.3 is 0 Å². The highest BCUT2D eigenvalue weighted by atomic mass is 32.2. The van der Waals surface area contributed by atoms with Crippen LogP contribution in [0.3, 0.4) is 0 Å². The van der Waals surface area contributed by atoms with Crippen molar-refractivity contribution in [1.29, 1.82) is 0 Å². The Kier molecular flexibility index (Phi) is 8.97. The predicted molar refractivity (Wildman–Crippen MR) is 133 cm³/mol. The van der Waals surface area contributed by atoms with Crippen molar-refractivity contribution in [1.82, 2.24) is 9.29 Å². The molecule has 4 rings (SSSR count). The Morgan fingerprint density at radius 2 is 1.90 bits per heavy atom. The number of rotatable bonds is 6. The lowest BCUT2D eigenvalue weighted by Crippen LogP contribution is -2.21. The molecule has 0 spiro atoms. The minimum Gasteiger partial charge on any atom is -0.503 e. The summed E-state index contributed by atoms with van der Waals surface area (Å²) in [6.45, 7) is 5.83. The van der Waals surface area contributed by atoms with E-state index in [1.807, 2.05) is 38.1 Å². The standard InChI is InChI=1S/C22H25N2O3PS.C2H6/c1-26-27-20-12-17(14-24-8-2-3-9-29-24)19-11-16(13-23-21(19)22(20)25)10-15-4-6-18(28)7-5-15;1-2/h4-7,11-13,25H,2-3,8-10,14,28H2,1H3;1-2H3. The Labute approximate surface area is 191 Å². The zero-order chi connectivity index (χ0) is 22.2. The van der Waals surface area contributed by atoms with E-state index in [0.29, 0.717) is 11.3 Å². The fourth-order valence-corrected chi connectivity index (χ4v) is 4.85. The lowest BCUT2D eigenvalue weighted by Gasteiger charge is -2.26. The molecule has 0 amide bonds. The van der Waals surface area contributed by atoms with Crippen molar-refractivity contribution in [2.75, 3.05) is 19.4 Å². The van der Waals surface area contributed by atoms with Crippen LogP contribution in [-0.4, -0.2) is 33.8 Å². The van der Waals surface area contributed by atoms with Gasteiger partial charge < -0.3 is 9.99 Å². The van der Waals surface area contributed by atoms with Gasteiger partial charge in [-0.1, -0.05) is 50.1 Å². The van der Waals surface area contributed by atoms with E-state index >= 15 is 0 Å². The maximum Gasteiger partial charge on any atom is 0.209 e. The molecule has 0 radical (unpaired) electrons. The van der Waals surface area contributed by atoms with E-state index in [1.54, 1.807) is 0 Å². The lowest BCUT2D eigenvalue weighted by molar-refractivity contribution is -0.179. The van der Waals surface area contributed by atoms with Gasteiger partial charge in [0.2, 0.25) is 5.75 Å². The van der Waals surface area contributed by atoms with Crippen LogP contribution in [0.2, 0.25) is 0 Å². The van der Waals surface area contributed by atoms with E-state index in [9.17, 15) is 5.11 Å². The summed E-state index contributed by atoms with van der Waals surface area (Å²) in [7, 11) is 4.14.